The lowest BCUT2D eigenvalue weighted by Gasteiger charge is -2.39. The zero-order valence-corrected chi connectivity index (χ0v) is 19.6. The van der Waals surface area contributed by atoms with Gasteiger partial charge in [-0.1, -0.05) is 60.3 Å². The monoisotopic (exact) mass is 385 g/mol. The second kappa shape index (κ2) is 11.3. The summed E-state index contributed by atoms with van der Waals surface area (Å²) in [5.41, 5.74) is -0.455. The van der Waals surface area contributed by atoms with Crippen LogP contribution in [0.1, 0.15) is 107 Å². The van der Waals surface area contributed by atoms with Crippen molar-refractivity contribution in [3.63, 3.8) is 0 Å². The third kappa shape index (κ3) is 10.4. The molecule has 0 radical (unpaired) electrons. The Morgan fingerprint density at radius 3 is 2.11 bits per heavy atom. The molecule has 4 nitrogen and oxygen atoms in total. The maximum atomic E-state index is 11.0. The van der Waals surface area contributed by atoms with Gasteiger partial charge < -0.3 is 15.2 Å². The largest absolute Gasteiger partial charge is 0.465 e. The lowest BCUT2D eigenvalue weighted by atomic mass is 9.72. The van der Waals surface area contributed by atoms with E-state index < -0.39 is 11.6 Å². The molecule has 2 atom stereocenters. The molecular weight excluding hydrogens is 338 g/mol. The molecule has 0 aromatic heterocycles. The van der Waals surface area contributed by atoms with Crippen molar-refractivity contribution in [1.82, 2.24) is 5.32 Å². The van der Waals surface area contributed by atoms with Crippen molar-refractivity contribution in [3.05, 3.63) is 0 Å². The van der Waals surface area contributed by atoms with E-state index in [1.807, 2.05) is 13.8 Å². The summed E-state index contributed by atoms with van der Waals surface area (Å²) in [7, 11) is 0. The van der Waals surface area contributed by atoms with Crippen LogP contribution in [-0.2, 0) is 4.74 Å². The highest BCUT2D eigenvalue weighted by atomic mass is 16.5. The summed E-state index contributed by atoms with van der Waals surface area (Å²) in [5, 5.41) is 11.6. The Balaban J connectivity index is 4.70. The standard InChI is InChI=1S/C23H47NO3/c1-10-12-14-19(13-11-2)21(4,5)15-16-27-23(8,9)18(3)17-22(6,7)24-20(25)26/h18-19,24H,10-17H2,1-9H3,(H,25,26)/t18?,19-/m0/s1. The molecule has 0 saturated heterocycles. The Morgan fingerprint density at radius 1 is 1.04 bits per heavy atom. The van der Waals surface area contributed by atoms with Crippen LogP contribution < -0.4 is 5.32 Å². The fourth-order valence-corrected chi connectivity index (χ4v) is 4.00. The fourth-order valence-electron chi connectivity index (χ4n) is 4.00. The van der Waals surface area contributed by atoms with Gasteiger partial charge in [-0.25, -0.2) is 4.79 Å². The van der Waals surface area contributed by atoms with Crippen molar-refractivity contribution in [2.45, 2.75) is 118 Å². The van der Waals surface area contributed by atoms with Crippen LogP contribution in [0.3, 0.4) is 0 Å². The number of nitrogens with one attached hydrogen (secondary N) is 1. The molecule has 0 aliphatic rings. The summed E-state index contributed by atoms with van der Waals surface area (Å²) in [6.45, 7) is 20.4. The molecule has 0 fully saturated rings. The first-order valence-electron chi connectivity index (χ1n) is 10.9. The number of rotatable bonds is 14. The van der Waals surface area contributed by atoms with E-state index in [2.05, 4.69) is 53.8 Å². The van der Waals surface area contributed by atoms with Crippen LogP contribution in [0, 0.1) is 17.3 Å². The molecule has 1 amide bonds. The molecule has 0 aliphatic carbocycles. The topological polar surface area (TPSA) is 58.6 Å². The Labute approximate surface area is 168 Å². The average Bonchev–Trinajstić information content (AvgIpc) is 2.48. The molecule has 0 aromatic rings. The molecule has 4 heteroatoms. The Morgan fingerprint density at radius 2 is 1.63 bits per heavy atom. The van der Waals surface area contributed by atoms with E-state index >= 15 is 0 Å². The van der Waals surface area contributed by atoms with Gasteiger partial charge in [-0.2, -0.15) is 0 Å². The average molecular weight is 386 g/mol. The zero-order valence-electron chi connectivity index (χ0n) is 19.6. The first kappa shape index (κ1) is 26.2. The van der Waals surface area contributed by atoms with Crippen LogP contribution in [0.15, 0.2) is 0 Å². The smallest absolute Gasteiger partial charge is 0.405 e. The van der Waals surface area contributed by atoms with E-state index in [1.54, 1.807) is 0 Å². The molecule has 0 aromatic carbocycles. The molecule has 0 saturated carbocycles. The first-order valence-corrected chi connectivity index (χ1v) is 10.9. The number of hydrogen-bond acceptors (Lipinski definition) is 2. The van der Waals surface area contributed by atoms with Crippen LogP contribution in [0.25, 0.3) is 0 Å². The SMILES string of the molecule is CCCC[C@H](CCC)C(C)(C)CCOC(C)(C)C(C)CC(C)(C)NC(=O)O. The van der Waals surface area contributed by atoms with Gasteiger partial charge in [0.2, 0.25) is 0 Å². The molecule has 0 bridgehead atoms. The maximum absolute atomic E-state index is 11.0. The predicted molar refractivity (Wildman–Crippen MR) is 115 cm³/mol. The van der Waals surface area contributed by atoms with E-state index in [9.17, 15) is 4.79 Å². The van der Waals surface area contributed by atoms with Crippen LogP contribution >= 0.6 is 0 Å². The quantitative estimate of drug-likeness (QED) is 0.343. The van der Waals surface area contributed by atoms with Crippen molar-refractivity contribution >= 4 is 6.09 Å². The second-order valence-electron chi connectivity index (χ2n) is 10.2. The third-order valence-electron chi connectivity index (χ3n) is 6.32. The van der Waals surface area contributed by atoms with Gasteiger partial charge in [0.05, 0.1) is 5.60 Å². The Bertz CT molecular complexity index is 429. The van der Waals surface area contributed by atoms with E-state index in [-0.39, 0.29) is 16.9 Å². The van der Waals surface area contributed by atoms with Crippen molar-refractivity contribution in [2.75, 3.05) is 6.61 Å². The highest BCUT2D eigenvalue weighted by molar-refractivity contribution is 5.65. The second-order valence-corrected chi connectivity index (χ2v) is 10.2. The first-order chi connectivity index (χ1) is 12.3. The number of unbranched alkanes of at least 4 members (excludes halogenated alkanes) is 1. The molecule has 162 valence electrons. The minimum absolute atomic E-state index is 0.244. The van der Waals surface area contributed by atoms with Gasteiger partial charge >= 0.3 is 6.09 Å². The summed E-state index contributed by atoms with van der Waals surface area (Å²) in [4.78, 5) is 11.0. The number of ether oxygens (including phenoxy) is 1. The van der Waals surface area contributed by atoms with Gasteiger partial charge in [-0.05, 0) is 64.2 Å². The fraction of sp³-hybridized carbons (Fsp3) is 0.957. The zero-order chi connectivity index (χ0) is 21.3. The van der Waals surface area contributed by atoms with E-state index in [0.29, 0.717) is 0 Å². The maximum Gasteiger partial charge on any atom is 0.405 e. The molecule has 0 spiro atoms. The number of hydrogen-bond donors (Lipinski definition) is 2. The van der Waals surface area contributed by atoms with Crippen molar-refractivity contribution < 1.29 is 14.6 Å². The van der Waals surface area contributed by atoms with E-state index in [0.717, 1.165) is 25.4 Å². The number of carboxylic acid groups (broad SMARTS) is 1. The van der Waals surface area contributed by atoms with Gasteiger partial charge in [-0.15, -0.1) is 0 Å². The lowest BCUT2D eigenvalue weighted by Crippen LogP contribution is -2.47. The third-order valence-corrected chi connectivity index (χ3v) is 6.32. The highest BCUT2D eigenvalue weighted by Crippen LogP contribution is 2.38. The Kier molecular flexibility index (Phi) is 11.0. The van der Waals surface area contributed by atoms with Gasteiger partial charge in [0.25, 0.3) is 0 Å². The van der Waals surface area contributed by atoms with Crippen molar-refractivity contribution in [2.24, 2.45) is 17.3 Å². The highest BCUT2D eigenvalue weighted by Gasteiger charge is 2.34. The van der Waals surface area contributed by atoms with Gasteiger partial charge in [0, 0.05) is 12.1 Å². The van der Waals surface area contributed by atoms with Crippen LogP contribution in [-0.4, -0.2) is 28.9 Å². The van der Waals surface area contributed by atoms with Crippen LogP contribution in [0.4, 0.5) is 4.79 Å². The minimum atomic E-state index is -0.971. The molecule has 0 aliphatic heterocycles. The summed E-state index contributed by atoms with van der Waals surface area (Å²) in [6.07, 6.45) is 7.25. The molecule has 27 heavy (non-hydrogen) atoms. The van der Waals surface area contributed by atoms with Crippen molar-refractivity contribution in [1.29, 1.82) is 0 Å². The molecular formula is C23H47NO3. The van der Waals surface area contributed by atoms with E-state index in [1.165, 1.54) is 32.1 Å². The van der Waals surface area contributed by atoms with Gasteiger partial charge in [0.15, 0.2) is 0 Å². The number of carbonyl (C=O) groups is 1. The summed E-state index contributed by atoms with van der Waals surface area (Å²) in [5.74, 6) is 0.999. The van der Waals surface area contributed by atoms with E-state index in [4.69, 9.17) is 9.84 Å². The van der Waals surface area contributed by atoms with Gasteiger partial charge in [-0.3, -0.25) is 0 Å². The normalized spacial score (nSPS) is 15.4. The molecule has 0 rings (SSSR count). The number of amides is 1. The van der Waals surface area contributed by atoms with Crippen LogP contribution in [0.2, 0.25) is 0 Å². The van der Waals surface area contributed by atoms with Crippen LogP contribution in [0.5, 0.6) is 0 Å². The summed E-state index contributed by atoms with van der Waals surface area (Å²) >= 11 is 0. The van der Waals surface area contributed by atoms with Gasteiger partial charge in [0.1, 0.15) is 0 Å². The molecule has 2 N–H and O–H groups in total. The lowest BCUT2D eigenvalue weighted by molar-refractivity contribution is -0.0744. The minimum Gasteiger partial charge on any atom is -0.465 e. The summed E-state index contributed by atoms with van der Waals surface area (Å²) < 4.78 is 6.34. The predicted octanol–water partition coefficient (Wildman–Crippen LogP) is 6.88. The molecule has 1 unspecified atom stereocenters. The Hall–Kier alpha value is -0.770. The van der Waals surface area contributed by atoms with Crippen molar-refractivity contribution in [3.8, 4) is 0 Å². The summed E-state index contributed by atoms with van der Waals surface area (Å²) in [6, 6.07) is 0. The molecule has 0 heterocycles.